The Morgan fingerprint density at radius 2 is 2.00 bits per heavy atom. The van der Waals surface area contributed by atoms with Crippen molar-refractivity contribution in [2.45, 2.75) is 13.3 Å². The fraction of sp³-hybridized carbons (Fsp3) is 0.333. The van der Waals surface area contributed by atoms with Crippen LogP contribution < -0.4 is 9.47 Å². The summed E-state index contributed by atoms with van der Waals surface area (Å²) in [6, 6.07) is 5.72. The van der Waals surface area contributed by atoms with Gasteiger partial charge in [-0.1, -0.05) is 5.92 Å². The predicted molar refractivity (Wildman–Crippen MR) is 56.7 cm³/mol. The Labute approximate surface area is 84.8 Å². The number of ether oxygens (including phenoxy) is 2. The Morgan fingerprint density at radius 1 is 1.21 bits per heavy atom. The highest BCUT2D eigenvalue weighted by Crippen LogP contribution is 2.23. The summed E-state index contributed by atoms with van der Waals surface area (Å²) in [4.78, 5) is 0. The van der Waals surface area contributed by atoms with Gasteiger partial charge in [0.15, 0.2) is 0 Å². The summed E-state index contributed by atoms with van der Waals surface area (Å²) < 4.78 is 10.3. The molecule has 0 aliphatic carbocycles. The molecule has 0 saturated carbocycles. The molecular weight excluding hydrogens is 176 g/mol. The molecule has 1 rings (SSSR count). The largest absolute Gasteiger partial charge is 0.497 e. The van der Waals surface area contributed by atoms with E-state index in [0.29, 0.717) is 6.42 Å². The van der Waals surface area contributed by atoms with Gasteiger partial charge in [-0.15, -0.1) is 5.92 Å². The van der Waals surface area contributed by atoms with E-state index < -0.39 is 0 Å². The van der Waals surface area contributed by atoms with Crippen molar-refractivity contribution < 1.29 is 9.47 Å². The molecule has 1 aromatic rings. The van der Waals surface area contributed by atoms with Crippen molar-refractivity contribution >= 4 is 0 Å². The van der Waals surface area contributed by atoms with E-state index in [1.165, 1.54) is 0 Å². The zero-order valence-corrected chi connectivity index (χ0v) is 8.76. The maximum Gasteiger partial charge on any atom is 0.123 e. The van der Waals surface area contributed by atoms with Crippen LogP contribution in [0, 0.1) is 11.8 Å². The first kappa shape index (κ1) is 10.5. The number of benzene rings is 1. The second-order valence-electron chi connectivity index (χ2n) is 2.78. The van der Waals surface area contributed by atoms with Gasteiger partial charge in [0, 0.05) is 12.0 Å². The summed E-state index contributed by atoms with van der Waals surface area (Å²) in [6.45, 7) is 1.83. The molecule has 0 saturated heterocycles. The molecule has 0 N–H and O–H groups in total. The Morgan fingerprint density at radius 3 is 2.57 bits per heavy atom. The summed E-state index contributed by atoms with van der Waals surface area (Å²) in [5.74, 6) is 7.55. The molecule has 0 bridgehead atoms. The van der Waals surface area contributed by atoms with Crippen LogP contribution in [-0.4, -0.2) is 14.2 Å². The van der Waals surface area contributed by atoms with E-state index in [-0.39, 0.29) is 0 Å². The van der Waals surface area contributed by atoms with Gasteiger partial charge in [-0.25, -0.2) is 0 Å². The number of hydrogen-bond donors (Lipinski definition) is 0. The van der Waals surface area contributed by atoms with Gasteiger partial charge < -0.3 is 9.47 Å². The molecule has 0 heterocycles. The van der Waals surface area contributed by atoms with Crippen LogP contribution in [-0.2, 0) is 6.42 Å². The average molecular weight is 190 g/mol. The van der Waals surface area contributed by atoms with Gasteiger partial charge in [0.2, 0.25) is 0 Å². The molecule has 0 aliphatic heterocycles. The van der Waals surface area contributed by atoms with Gasteiger partial charge in [0.05, 0.1) is 14.2 Å². The highest BCUT2D eigenvalue weighted by Gasteiger charge is 2.02. The minimum atomic E-state index is 0.691. The smallest absolute Gasteiger partial charge is 0.123 e. The lowest BCUT2D eigenvalue weighted by atomic mass is 10.1. The molecule has 14 heavy (non-hydrogen) atoms. The van der Waals surface area contributed by atoms with E-state index in [9.17, 15) is 0 Å². The monoisotopic (exact) mass is 190 g/mol. The third-order valence-electron chi connectivity index (χ3n) is 1.94. The summed E-state index contributed by atoms with van der Waals surface area (Å²) in [5, 5.41) is 0. The van der Waals surface area contributed by atoms with Crippen molar-refractivity contribution in [1.82, 2.24) is 0 Å². The summed E-state index contributed by atoms with van der Waals surface area (Å²) in [7, 11) is 3.31. The first-order chi connectivity index (χ1) is 6.81. The van der Waals surface area contributed by atoms with E-state index in [0.717, 1.165) is 17.1 Å². The van der Waals surface area contributed by atoms with Crippen LogP contribution >= 0.6 is 0 Å². The molecule has 2 heteroatoms. The molecule has 0 radical (unpaired) electrons. The van der Waals surface area contributed by atoms with Gasteiger partial charge in [-0.05, 0) is 25.1 Å². The third kappa shape index (κ3) is 2.43. The van der Waals surface area contributed by atoms with Crippen LogP contribution in [0.15, 0.2) is 18.2 Å². The van der Waals surface area contributed by atoms with Crippen LogP contribution in [0.1, 0.15) is 12.5 Å². The summed E-state index contributed by atoms with van der Waals surface area (Å²) in [5.41, 5.74) is 1.06. The quantitative estimate of drug-likeness (QED) is 0.681. The Bertz CT molecular complexity index is 358. The van der Waals surface area contributed by atoms with Crippen LogP contribution in [0.3, 0.4) is 0 Å². The lowest BCUT2D eigenvalue weighted by Gasteiger charge is -2.07. The van der Waals surface area contributed by atoms with E-state index in [1.54, 1.807) is 14.2 Å². The average Bonchev–Trinajstić information content (AvgIpc) is 2.25. The van der Waals surface area contributed by atoms with E-state index in [4.69, 9.17) is 9.47 Å². The van der Waals surface area contributed by atoms with Gasteiger partial charge in [-0.2, -0.15) is 0 Å². The van der Waals surface area contributed by atoms with Crippen LogP contribution in [0.4, 0.5) is 0 Å². The summed E-state index contributed by atoms with van der Waals surface area (Å²) in [6.07, 6.45) is 0.691. The van der Waals surface area contributed by atoms with Crippen molar-refractivity contribution in [2.75, 3.05) is 14.2 Å². The van der Waals surface area contributed by atoms with Crippen molar-refractivity contribution in [3.05, 3.63) is 23.8 Å². The molecule has 2 nitrogen and oxygen atoms in total. The lowest BCUT2D eigenvalue weighted by molar-refractivity contribution is 0.400. The van der Waals surface area contributed by atoms with Crippen LogP contribution in [0.2, 0.25) is 0 Å². The minimum absolute atomic E-state index is 0.691. The fourth-order valence-corrected chi connectivity index (χ4v) is 1.20. The normalized spacial score (nSPS) is 8.79. The van der Waals surface area contributed by atoms with E-state index in [1.807, 2.05) is 25.1 Å². The Balaban J connectivity index is 2.99. The van der Waals surface area contributed by atoms with Crippen LogP contribution in [0.25, 0.3) is 0 Å². The standard InChI is InChI=1S/C12H14O2/c1-4-5-6-10-9-11(13-2)7-8-12(10)14-3/h7-9H,6H2,1-3H3. The fourth-order valence-electron chi connectivity index (χ4n) is 1.20. The second-order valence-corrected chi connectivity index (χ2v) is 2.78. The van der Waals surface area contributed by atoms with Crippen molar-refractivity contribution in [3.63, 3.8) is 0 Å². The lowest BCUT2D eigenvalue weighted by Crippen LogP contribution is -1.92. The SMILES string of the molecule is CC#CCc1cc(OC)ccc1OC. The van der Waals surface area contributed by atoms with Gasteiger partial charge in [0.25, 0.3) is 0 Å². The van der Waals surface area contributed by atoms with Crippen molar-refractivity contribution in [1.29, 1.82) is 0 Å². The highest BCUT2D eigenvalue weighted by atomic mass is 16.5. The Hall–Kier alpha value is -1.62. The topological polar surface area (TPSA) is 18.5 Å². The van der Waals surface area contributed by atoms with Crippen molar-refractivity contribution in [3.8, 4) is 23.3 Å². The second kappa shape index (κ2) is 5.18. The van der Waals surface area contributed by atoms with Gasteiger partial charge in [-0.3, -0.25) is 0 Å². The van der Waals surface area contributed by atoms with Gasteiger partial charge in [0.1, 0.15) is 11.5 Å². The predicted octanol–water partition coefficient (Wildman–Crippen LogP) is 2.27. The van der Waals surface area contributed by atoms with Crippen LogP contribution in [0.5, 0.6) is 11.5 Å². The molecule has 0 aliphatic rings. The highest BCUT2D eigenvalue weighted by molar-refractivity contribution is 5.42. The van der Waals surface area contributed by atoms with E-state index >= 15 is 0 Å². The minimum Gasteiger partial charge on any atom is -0.497 e. The number of hydrogen-bond acceptors (Lipinski definition) is 2. The zero-order valence-electron chi connectivity index (χ0n) is 8.76. The molecule has 0 spiro atoms. The molecule has 0 aromatic heterocycles. The maximum absolute atomic E-state index is 5.22. The molecular formula is C12H14O2. The first-order valence-corrected chi connectivity index (χ1v) is 4.42. The number of methoxy groups -OCH3 is 2. The summed E-state index contributed by atoms with van der Waals surface area (Å²) >= 11 is 0. The number of rotatable bonds is 3. The maximum atomic E-state index is 5.22. The molecule has 0 unspecified atom stereocenters. The molecule has 0 atom stereocenters. The third-order valence-corrected chi connectivity index (χ3v) is 1.94. The molecule has 74 valence electrons. The molecule has 0 amide bonds. The van der Waals surface area contributed by atoms with Gasteiger partial charge >= 0.3 is 0 Å². The zero-order chi connectivity index (χ0) is 10.4. The van der Waals surface area contributed by atoms with Crippen molar-refractivity contribution in [2.24, 2.45) is 0 Å². The van der Waals surface area contributed by atoms with E-state index in [2.05, 4.69) is 11.8 Å². The first-order valence-electron chi connectivity index (χ1n) is 4.42. The molecule has 0 fully saturated rings. The Kier molecular flexibility index (Phi) is 3.87. The molecule has 1 aromatic carbocycles.